The van der Waals surface area contributed by atoms with Crippen LogP contribution in [-0.4, -0.2) is 36.2 Å². The Balaban J connectivity index is 1.42. The van der Waals surface area contributed by atoms with E-state index in [1.807, 2.05) is 0 Å². The summed E-state index contributed by atoms with van der Waals surface area (Å²) in [4.78, 5) is 26.5. The highest BCUT2D eigenvalue weighted by molar-refractivity contribution is 8.45. The summed E-state index contributed by atoms with van der Waals surface area (Å²) in [6.07, 6.45) is 4.37. The van der Waals surface area contributed by atoms with Gasteiger partial charge < -0.3 is 10.6 Å². The summed E-state index contributed by atoms with van der Waals surface area (Å²) in [6.45, 7) is 0. The van der Waals surface area contributed by atoms with Gasteiger partial charge in [-0.25, -0.2) is 19.3 Å². The number of aromatic nitrogens is 4. The third kappa shape index (κ3) is 3.62. The fraction of sp³-hybridized carbons (Fsp3) is 0.273. The van der Waals surface area contributed by atoms with Crippen LogP contribution in [0.1, 0.15) is 46.9 Å². The summed E-state index contributed by atoms with van der Waals surface area (Å²) in [7, 11) is -9.94. The van der Waals surface area contributed by atoms with E-state index in [9.17, 15) is 24.2 Å². The predicted octanol–water partition coefficient (Wildman–Crippen LogP) is 5.95. The van der Waals surface area contributed by atoms with E-state index in [0.29, 0.717) is 23.9 Å². The first-order valence-electron chi connectivity index (χ1n) is 11.0. The molecule has 3 aromatic heterocycles. The van der Waals surface area contributed by atoms with Crippen molar-refractivity contribution in [3.05, 3.63) is 59.4 Å². The van der Waals surface area contributed by atoms with Crippen LogP contribution in [0.4, 0.5) is 29.6 Å². The van der Waals surface area contributed by atoms with Crippen LogP contribution in [-0.2, 0) is 6.42 Å². The van der Waals surface area contributed by atoms with E-state index in [-0.39, 0.29) is 53.1 Å². The topological polar surface area (TPSA) is 89.4 Å². The molecular weight excluding hydrogens is 510 g/mol. The van der Waals surface area contributed by atoms with Crippen LogP contribution in [0, 0.1) is 5.82 Å². The van der Waals surface area contributed by atoms with Crippen LogP contribution in [0.3, 0.4) is 0 Å². The second kappa shape index (κ2) is 6.60. The third-order valence-corrected chi connectivity index (χ3v) is 7.62. The number of halogens is 6. The molecule has 1 saturated carbocycles. The summed E-state index contributed by atoms with van der Waals surface area (Å²) in [5, 5.41) is -2.20. The number of benzene rings is 1. The summed E-state index contributed by atoms with van der Waals surface area (Å²) < 4.78 is 83.0. The number of pyridine rings is 1. The first-order valence-corrected chi connectivity index (χ1v) is 12.9. The van der Waals surface area contributed by atoms with Gasteiger partial charge in [0, 0.05) is 17.8 Å². The standard InChI is InChI=1S/C22H18F6N6OS/c23-14-8-16-18(33-10-30-9-19(33)21(29)32-16)7-13(14)22(35)34(11-1-2-11)17-5-4-15-12(17)3-6-20(31-15)36(24,25,26,27)28/h3,6-11,17H,1-2,4-5H2,(H2,29,32)/t17-/m1/s1. The number of rotatable bonds is 4. The van der Waals surface area contributed by atoms with Gasteiger partial charge in [0.25, 0.3) is 5.91 Å². The summed E-state index contributed by atoms with van der Waals surface area (Å²) >= 11 is 0. The number of hydrogen-bond donors (Lipinski definition) is 1. The van der Waals surface area contributed by atoms with Crippen LogP contribution in [0.25, 0.3) is 16.6 Å². The molecular formula is C22H18F6N6OS. The van der Waals surface area contributed by atoms with Gasteiger partial charge in [0.05, 0.1) is 35.2 Å². The van der Waals surface area contributed by atoms with E-state index < -0.39 is 33.0 Å². The van der Waals surface area contributed by atoms with E-state index in [2.05, 4.69) is 15.0 Å². The largest absolute Gasteiger partial charge is 0.382 e. The fourth-order valence-electron chi connectivity index (χ4n) is 4.84. The normalized spacial score (nSPS) is 19.8. The lowest BCUT2D eigenvalue weighted by Gasteiger charge is -2.39. The molecule has 190 valence electrons. The number of nitrogens with zero attached hydrogens (tertiary/aromatic N) is 5. The molecule has 2 N–H and O–H groups in total. The molecule has 14 heteroatoms. The van der Waals surface area contributed by atoms with Crippen LogP contribution in [0.5, 0.6) is 0 Å². The molecule has 2 aliphatic carbocycles. The average Bonchev–Trinajstić information content (AvgIpc) is 3.31. The zero-order chi connectivity index (χ0) is 25.7. The van der Waals surface area contributed by atoms with Crippen molar-refractivity contribution >= 4 is 38.5 Å². The maximum absolute atomic E-state index is 15.2. The quantitative estimate of drug-likeness (QED) is 0.331. The number of fused-ring (bicyclic) bond motifs is 4. The molecule has 0 aliphatic heterocycles. The second-order valence-electron chi connectivity index (χ2n) is 9.12. The Kier molecular flexibility index (Phi) is 4.20. The van der Waals surface area contributed by atoms with Gasteiger partial charge in [0.1, 0.15) is 17.2 Å². The molecule has 7 nitrogen and oxygen atoms in total. The van der Waals surface area contributed by atoms with Gasteiger partial charge in [0.2, 0.25) is 0 Å². The van der Waals surface area contributed by atoms with E-state index in [1.54, 1.807) is 4.40 Å². The molecule has 3 heterocycles. The van der Waals surface area contributed by atoms with Crippen molar-refractivity contribution in [2.24, 2.45) is 0 Å². The number of anilines is 1. The Labute approximate surface area is 199 Å². The van der Waals surface area contributed by atoms with Gasteiger partial charge in [0.15, 0.2) is 5.03 Å². The Morgan fingerprint density at radius 3 is 2.50 bits per heavy atom. The maximum Gasteiger partial charge on any atom is 0.325 e. The number of nitrogens with two attached hydrogens (primary N) is 1. The molecule has 1 atom stereocenters. The van der Waals surface area contributed by atoms with Crippen molar-refractivity contribution in [3.63, 3.8) is 0 Å². The average molecular weight is 528 g/mol. The maximum atomic E-state index is 15.2. The monoisotopic (exact) mass is 528 g/mol. The molecule has 0 spiro atoms. The van der Waals surface area contributed by atoms with Crippen molar-refractivity contribution in [1.29, 1.82) is 0 Å². The highest BCUT2D eigenvalue weighted by atomic mass is 32.5. The van der Waals surface area contributed by atoms with Gasteiger partial charge in [-0.3, -0.25) is 9.20 Å². The van der Waals surface area contributed by atoms with Crippen molar-refractivity contribution in [2.45, 2.75) is 42.8 Å². The zero-order valence-corrected chi connectivity index (χ0v) is 19.2. The molecule has 0 bridgehead atoms. The van der Waals surface area contributed by atoms with Gasteiger partial charge in [-0.2, -0.15) is 0 Å². The minimum absolute atomic E-state index is 0.0166. The lowest BCUT2D eigenvalue weighted by Crippen LogP contribution is -2.36. The van der Waals surface area contributed by atoms with E-state index >= 15 is 4.39 Å². The summed E-state index contributed by atoms with van der Waals surface area (Å²) in [6, 6.07) is 2.68. The summed E-state index contributed by atoms with van der Waals surface area (Å²) in [5.41, 5.74) is 6.86. The van der Waals surface area contributed by atoms with Crippen molar-refractivity contribution < 1.29 is 28.6 Å². The first kappa shape index (κ1) is 22.9. The molecule has 0 saturated heterocycles. The van der Waals surface area contributed by atoms with Gasteiger partial charge in [-0.15, -0.1) is 0 Å². The van der Waals surface area contributed by atoms with Crippen LogP contribution < -0.4 is 5.73 Å². The van der Waals surface area contributed by atoms with Crippen molar-refractivity contribution in [1.82, 2.24) is 24.3 Å². The number of carbonyl (C=O) groups excluding carboxylic acids is 1. The first-order chi connectivity index (χ1) is 16.7. The molecule has 1 fully saturated rings. The number of aryl methyl sites for hydroxylation is 1. The molecule has 2 aliphatic rings. The second-order valence-corrected chi connectivity index (χ2v) is 11.5. The lowest BCUT2D eigenvalue weighted by molar-refractivity contribution is 0.0653. The molecule has 6 rings (SSSR count). The van der Waals surface area contributed by atoms with Crippen LogP contribution >= 0.6 is 10.2 Å². The SMILES string of the molecule is Nc1nc2cc(F)c(C(=O)N(C3CC3)[C@@H]3CCc4nc(S(F)(F)(F)(F)F)ccc43)cc2n2cncc12. The Hall–Kier alpha value is -3.55. The molecule has 0 radical (unpaired) electrons. The number of carbonyl (C=O) groups is 1. The minimum atomic E-state index is -9.94. The highest BCUT2D eigenvalue weighted by Crippen LogP contribution is 3.01. The predicted molar refractivity (Wildman–Crippen MR) is 121 cm³/mol. The fourth-order valence-corrected chi connectivity index (χ4v) is 5.45. The highest BCUT2D eigenvalue weighted by Gasteiger charge is 2.67. The molecule has 0 unspecified atom stereocenters. The third-order valence-electron chi connectivity index (χ3n) is 6.60. The van der Waals surface area contributed by atoms with Gasteiger partial charge >= 0.3 is 10.2 Å². The molecule has 4 aromatic rings. The smallest absolute Gasteiger partial charge is 0.325 e. The molecule has 36 heavy (non-hydrogen) atoms. The number of imidazole rings is 1. The van der Waals surface area contributed by atoms with E-state index in [0.717, 1.165) is 12.1 Å². The van der Waals surface area contributed by atoms with E-state index in [4.69, 9.17) is 5.73 Å². The zero-order valence-electron chi connectivity index (χ0n) is 18.3. The lowest BCUT2D eigenvalue weighted by atomic mass is 10.1. The summed E-state index contributed by atoms with van der Waals surface area (Å²) in [5.74, 6) is -1.35. The van der Waals surface area contributed by atoms with Crippen LogP contribution in [0.15, 0.2) is 41.8 Å². The van der Waals surface area contributed by atoms with Crippen molar-refractivity contribution in [2.75, 3.05) is 5.73 Å². The Bertz CT molecular complexity index is 1600. The molecule has 1 amide bonds. The number of hydrogen-bond acceptors (Lipinski definition) is 5. The van der Waals surface area contributed by atoms with Crippen LogP contribution in [0.2, 0.25) is 0 Å². The van der Waals surface area contributed by atoms with Gasteiger partial charge in [-0.05, 0) is 43.4 Å². The van der Waals surface area contributed by atoms with Crippen molar-refractivity contribution in [3.8, 4) is 0 Å². The Morgan fingerprint density at radius 2 is 1.81 bits per heavy atom. The minimum Gasteiger partial charge on any atom is -0.382 e. The van der Waals surface area contributed by atoms with E-state index in [1.165, 1.54) is 23.5 Å². The van der Waals surface area contributed by atoms with Gasteiger partial charge in [-0.1, -0.05) is 25.5 Å². The number of amides is 1. The number of nitrogen functional groups attached to an aromatic ring is 1. The molecule has 1 aromatic carbocycles. The Morgan fingerprint density at radius 1 is 1.06 bits per heavy atom.